The number of rotatable bonds is 4. The second-order valence-corrected chi connectivity index (χ2v) is 11.9. The van der Waals surface area contributed by atoms with Crippen molar-refractivity contribution in [3.05, 3.63) is 47.3 Å². The number of piperazine rings is 1. The number of benzene rings is 1. The molecule has 43 heavy (non-hydrogen) atoms. The number of likely N-dealkylation sites (N-methyl/N-ethyl adjacent to an activating group) is 1. The number of cyclic esters (lactones) is 1. The smallest absolute Gasteiger partial charge is 0.410 e. The van der Waals surface area contributed by atoms with E-state index in [4.69, 9.17) is 14.2 Å². The van der Waals surface area contributed by atoms with Gasteiger partial charge in [0.25, 0.3) is 5.91 Å². The second kappa shape index (κ2) is 14.9. The Bertz CT molecular complexity index is 1210. The summed E-state index contributed by atoms with van der Waals surface area (Å²) < 4.78 is 31.7. The number of morpholine rings is 1. The molecular formula is C32H44FN3O7. The lowest BCUT2D eigenvalue weighted by Crippen LogP contribution is -2.48. The Morgan fingerprint density at radius 2 is 1.81 bits per heavy atom. The summed E-state index contributed by atoms with van der Waals surface area (Å²) in [4.78, 5) is 43.5. The number of carbonyl (C=O) groups is 3. The number of nitrogens with zero attached hydrogens (tertiary/aromatic N) is 3. The number of aliphatic hydroxyl groups excluding tert-OH is 1. The monoisotopic (exact) mass is 601 g/mol. The van der Waals surface area contributed by atoms with E-state index in [0.29, 0.717) is 55.9 Å². The zero-order valence-electron chi connectivity index (χ0n) is 25.5. The number of aliphatic hydroxyl groups is 1. The van der Waals surface area contributed by atoms with E-state index in [-0.39, 0.29) is 36.9 Å². The summed E-state index contributed by atoms with van der Waals surface area (Å²) in [5.74, 6) is -1.69. The molecule has 0 bridgehead atoms. The molecule has 236 valence electrons. The molecule has 0 saturated carbocycles. The van der Waals surface area contributed by atoms with Gasteiger partial charge in [-0.3, -0.25) is 9.59 Å². The normalized spacial score (nSPS) is 29.3. The third-order valence-electron chi connectivity index (χ3n) is 8.30. The fourth-order valence-corrected chi connectivity index (χ4v) is 5.60. The van der Waals surface area contributed by atoms with Crippen LogP contribution in [-0.2, 0) is 23.8 Å². The van der Waals surface area contributed by atoms with Gasteiger partial charge in [-0.1, -0.05) is 26.0 Å². The predicted octanol–water partition coefficient (Wildman–Crippen LogP) is 3.63. The molecule has 0 radical (unpaired) electrons. The molecule has 3 heterocycles. The van der Waals surface area contributed by atoms with Crippen molar-refractivity contribution in [2.24, 2.45) is 11.8 Å². The Labute approximate surface area is 253 Å². The van der Waals surface area contributed by atoms with Crippen LogP contribution >= 0.6 is 0 Å². The Hall–Kier alpha value is -3.28. The summed E-state index contributed by atoms with van der Waals surface area (Å²) in [6, 6.07) is 4.38. The summed E-state index contributed by atoms with van der Waals surface area (Å²) in [7, 11) is 2.02. The Morgan fingerprint density at radius 1 is 1.07 bits per heavy atom. The third-order valence-corrected chi connectivity index (χ3v) is 8.30. The van der Waals surface area contributed by atoms with Crippen LogP contribution < -0.4 is 4.90 Å². The molecule has 0 aliphatic carbocycles. The first-order chi connectivity index (χ1) is 20.5. The Morgan fingerprint density at radius 3 is 2.53 bits per heavy atom. The molecule has 11 heteroatoms. The van der Waals surface area contributed by atoms with Gasteiger partial charge in [0.15, 0.2) is 0 Å². The average molecular weight is 602 g/mol. The number of amides is 2. The van der Waals surface area contributed by atoms with Crippen molar-refractivity contribution in [3.8, 4) is 0 Å². The van der Waals surface area contributed by atoms with E-state index in [1.165, 1.54) is 17.0 Å². The maximum Gasteiger partial charge on any atom is 0.410 e. The van der Waals surface area contributed by atoms with Crippen LogP contribution in [0, 0.1) is 17.7 Å². The highest BCUT2D eigenvalue weighted by Gasteiger charge is 2.29. The van der Waals surface area contributed by atoms with Gasteiger partial charge in [-0.15, -0.1) is 0 Å². The molecule has 2 saturated heterocycles. The minimum absolute atomic E-state index is 0.0568. The minimum Gasteiger partial charge on any atom is -0.457 e. The molecule has 0 aromatic heterocycles. The summed E-state index contributed by atoms with van der Waals surface area (Å²) in [6.07, 6.45) is 3.69. The van der Waals surface area contributed by atoms with E-state index in [1.54, 1.807) is 24.0 Å². The lowest BCUT2D eigenvalue weighted by atomic mass is 9.91. The maximum atomic E-state index is 14.7. The number of halogens is 1. The first-order valence-corrected chi connectivity index (χ1v) is 15.1. The summed E-state index contributed by atoms with van der Waals surface area (Å²) in [5.41, 5.74) is 1.59. The van der Waals surface area contributed by atoms with Crippen LogP contribution in [0.15, 0.2) is 35.9 Å². The van der Waals surface area contributed by atoms with Crippen LogP contribution in [0.25, 0.3) is 6.08 Å². The number of hydrogen-bond acceptors (Lipinski definition) is 8. The first-order valence-electron chi connectivity index (χ1n) is 15.1. The zero-order valence-corrected chi connectivity index (χ0v) is 25.5. The van der Waals surface area contributed by atoms with E-state index in [0.717, 1.165) is 13.1 Å². The van der Waals surface area contributed by atoms with E-state index in [9.17, 15) is 23.9 Å². The van der Waals surface area contributed by atoms with Gasteiger partial charge >= 0.3 is 12.1 Å². The van der Waals surface area contributed by atoms with Crippen molar-refractivity contribution in [2.45, 2.75) is 58.3 Å². The standard InChI is InChI=1S/C32H44FN3O7/c1-21-5-7-27(37)19-30(39)43-31(22(2)6-8-28(21)42-32(40)35-11-9-34(4)10-12-35)23(3)15-24-16-25(33)18-26(17-24)36-13-14-41-20-29(36)38/h6,8,15-18,21-22,27-28,31,37H,5,7,9-14,19-20H2,1-4H3/b8-6+,23-15+/t21-,22-,27+,28-,31-/m0/s1. The van der Waals surface area contributed by atoms with E-state index >= 15 is 0 Å². The highest BCUT2D eigenvalue weighted by Crippen LogP contribution is 2.27. The van der Waals surface area contributed by atoms with Crippen LogP contribution in [0.3, 0.4) is 0 Å². The molecule has 2 fully saturated rings. The summed E-state index contributed by atoms with van der Waals surface area (Å²) >= 11 is 0. The number of hydrogen-bond donors (Lipinski definition) is 1. The fraction of sp³-hybridized carbons (Fsp3) is 0.594. The number of ether oxygens (including phenoxy) is 3. The van der Waals surface area contributed by atoms with Crippen LogP contribution in [0.4, 0.5) is 14.9 Å². The van der Waals surface area contributed by atoms with Gasteiger partial charge in [0.2, 0.25) is 0 Å². The molecule has 3 aliphatic rings. The van der Waals surface area contributed by atoms with E-state index in [1.807, 2.05) is 33.0 Å². The Balaban J connectivity index is 1.57. The lowest BCUT2D eigenvalue weighted by molar-refractivity contribution is -0.151. The van der Waals surface area contributed by atoms with E-state index < -0.39 is 30.1 Å². The zero-order chi connectivity index (χ0) is 31.1. The van der Waals surface area contributed by atoms with Gasteiger partial charge in [0.1, 0.15) is 24.6 Å². The lowest BCUT2D eigenvalue weighted by Gasteiger charge is -2.33. The molecule has 5 atom stereocenters. The van der Waals surface area contributed by atoms with Gasteiger partial charge in [-0.25, -0.2) is 9.18 Å². The molecule has 1 aromatic rings. The third kappa shape index (κ3) is 9.11. The SMILES string of the molecule is C/C(=C\c1cc(F)cc(N2CCOCC2=O)c1)[C@H]1OC(=O)C[C@H](O)CC[C@H](C)[C@@H](OC(=O)N2CCN(C)CC2)/C=C/[C@@H]1C. The van der Waals surface area contributed by atoms with Crippen LogP contribution in [-0.4, -0.2) is 104 Å². The molecule has 1 aromatic carbocycles. The van der Waals surface area contributed by atoms with Gasteiger partial charge < -0.3 is 34.0 Å². The quantitative estimate of drug-likeness (QED) is 0.412. The van der Waals surface area contributed by atoms with Gasteiger partial charge in [0, 0.05) is 44.3 Å². The number of carbonyl (C=O) groups excluding carboxylic acids is 3. The van der Waals surface area contributed by atoms with Gasteiger partial charge in [-0.2, -0.15) is 0 Å². The van der Waals surface area contributed by atoms with Gasteiger partial charge in [-0.05, 0) is 68.1 Å². The van der Waals surface area contributed by atoms with Crippen LogP contribution in [0.5, 0.6) is 0 Å². The van der Waals surface area contributed by atoms with Crippen molar-refractivity contribution in [3.63, 3.8) is 0 Å². The van der Waals surface area contributed by atoms with Crippen molar-refractivity contribution in [2.75, 3.05) is 57.9 Å². The molecule has 10 nitrogen and oxygen atoms in total. The largest absolute Gasteiger partial charge is 0.457 e. The van der Waals surface area contributed by atoms with Crippen LogP contribution in [0.1, 0.15) is 45.6 Å². The van der Waals surface area contributed by atoms with Crippen molar-refractivity contribution < 1.29 is 38.1 Å². The molecular weight excluding hydrogens is 557 g/mol. The van der Waals surface area contributed by atoms with Crippen molar-refractivity contribution in [1.29, 1.82) is 0 Å². The molecule has 3 aliphatic heterocycles. The predicted molar refractivity (Wildman–Crippen MR) is 160 cm³/mol. The number of esters is 1. The molecule has 1 N–H and O–H groups in total. The molecule has 2 amide bonds. The van der Waals surface area contributed by atoms with E-state index in [2.05, 4.69) is 4.90 Å². The van der Waals surface area contributed by atoms with Crippen molar-refractivity contribution in [1.82, 2.24) is 9.80 Å². The fourth-order valence-electron chi connectivity index (χ4n) is 5.60. The topological polar surface area (TPSA) is 109 Å². The summed E-state index contributed by atoms with van der Waals surface area (Å²) in [6.45, 7) is 9.04. The minimum atomic E-state index is -0.899. The maximum absolute atomic E-state index is 14.7. The van der Waals surface area contributed by atoms with Gasteiger partial charge in [0.05, 0.1) is 19.1 Å². The van der Waals surface area contributed by atoms with Crippen molar-refractivity contribution >= 4 is 29.7 Å². The highest BCUT2D eigenvalue weighted by atomic mass is 19.1. The Kier molecular flexibility index (Phi) is 11.3. The highest BCUT2D eigenvalue weighted by molar-refractivity contribution is 5.95. The van der Waals surface area contributed by atoms with Crippen LogP contribution in [0.2, 0.25) is 0 Å². The summed E-state index contributed by atoms with van der Waals surface area (Å²) in [5, 5.41) is 10.6. The second-order valence-electron chi connectivity index (χ2n) is 11.9. The molecule has 4 rings (SSSR count). The first kappa shape index (κ1) is 32.6. The molecule has 0 unspecified atom stereocenters. The molecule has 0 spiro atoms. The number of anilines is 1. The average Bonchev–Trinajstić information content (AvgIpc) is 2.96.